The third-order valence-corrected chi connectivity index (χ3v) is 3.59. The van der Waals surface area contributed by atoms with E-state index in [0.717, 1.165) is 57.6 Å². The van der Waals surface area contributed by atoms with E-state index in [0.29, 0.717) is 0 Å². The molecule has 1 saturated heterocycles. The van der Waals surface area contributed by atoms with E-state index in [1.807, 2.05) is 24.3 Å². The number of hydrogen-bond donors (Lipinski definition) is 0. The molecule has 2 rings (SSSR count). The first kappa shape index (κ1) is 14.0. The first-order valence-corrected chi connectivity index (χ1v) is 6.85. The summed E-state index contributed by atoms with van der Waals surface area (Å²) in [7, 11) is 1.75. The number of piperazine rings is 1. The second-order valence-corrected chi connectivity index (χ2v) is 4.88. The highest BCUT2D eigenvalue weighted by Crippen LogP contribution is 2.16. The molecule has 0 N–H and O–H groups in total. The van der Waals surface area contributed by atoms with E-state index in [4.69, 9.17) is 4.74 Å². The molecule has 4 heteroatoms. The number of anilines is 1. The number of hydrogen-bond acceptors (Lipinski definition) is 4. The fourth-order valence-corrected chi connectivity index (χ4v) is 2.43. The summed E-state index contributed by atoms with van der Waals surface area (Å²) < 4.78 is 5.08. The average Bonchev–Trinajstić information content (AvgIpc) is 2.48. The Morgan fingerprint density at radius 3 is 2.42 bits per heavy atom. The van der Waals surface area contributed by atoms with E-state index in [2.05, 4.69) is 9.80 Å². The molecule has 0 spiro atoms. The predicted octanol–water partition coefficient (Wildman–Crippen LogP) is 1.66. The monoisotopic (exact) mass is 262 g/mol. The number of carbonyl (C=O) groups excluding carboxylic acids is 1. The quantitative estimate of drug-likeness (QED) is 0.576. The Balaban J connectivity index is 1.80. The summed E-state index contributed by atoms with van der Waals surface area (Å²) in [5.74, 6) is 0. The highest BCUT2D eigenvalue weighted by Gasteiger charge is 2.16. The lowest BCUT2D eigenvalue weighted by Gasteiger charge is -2.36. The molecular formula is C15H22N2O2. The Morgan fingerprint density at radius 2 is 1.84 bits per heavy atom. The van der Waals surface area contributed by atoms with Gasteiger partial charge in [0.25, 0.3) is 0 Å². The van der Waals surface area contributed by atoms with Crippen LogP contribution in [0.3, 0.4) is 0 Å². The molecule has 0 atom stereocenters. The van der Waals surface area contributed by atoms with Crippen LogP contribution in [0.4, 0.5) is 5.69 Å². The predicted molar refractivity (Wildman–Crippen MR) is 77.0 cm³/mol. The van der Waals surface area contributed by atoms with Crippen LogP contribution in [-0.4, -0.2) is 57.6 Å². The van der Waals surface area contributed by atoms with Gasteiger partial charge < -0.3 is 9.64 Å². The summed E-state index contributed by atoms with van der Waals surface area (Å²) in [5, 5.41) is 0. The largest absolute Gasteiger partial charge is 0.385 e. The van der Waals surface area contributed by atoms with Crippen molar-refractivity contribution < 1.29 is 9.53 Å². The van der Waals surface area contributed by atoms with Crippen LogP contribution in [0.25, 0.3) is 0 Å². The van der Waals surface area contributed by atoms with Gasteiger partial charge in [-0.2, -0.15) is 0 Å². The maximum atomic E-state index is 10.6. The van der Waals surface area contributed by atoms with Gasteiger partial charge in [-0.1, -0.05) is 0 Å². The summed E-state index contributed by atoms with van der Waals surface area (Å²) in [4.78, 5) is 15.5. The Kier molecular flexibility index (Phi) is 5.36. The average molecular weight is 262 g/mol. The first-order chi connectivity index (χ1) is 9.33. The molecule has 4 nitrogen and oxygen atoms in total. The highest BCUT2D eigenvalue weighted by atomic mass is 16.5. The Hall–Kier alpha value is -1.39. The molecular weight excluding hydrogens is 240 g/mol. The summed E-state index contributed by atoms with van der Waals surface area (Å²) in [6.45, 7) is 6.25. The van der Waals surface area contributed by atoms with Gasteiger partial charge in [0, 0.05) is 57.7 Å². The molecule has 19 heavy (non-hydrogen) atoms. The molecule has 1 fully saturated rings. The van der Waals surface area contributed by atoms with E-state index in [-0.39, 0.29) is 0 Å². The molecule has 0 saturated carbocycles. The van der Waals surface area contributed by atoms with E-state index < -0.39 is 0 Å². The Labute approximate surface area is 115 Å². The summed E-state index contributed by atoms with van der Waals surface area (Å²) >= 11 is 0. The number of rotatable bonds is 6. The number of carbonyl (C=O) groups is 1. The second-order valence-electron chi connectivity index (χ2n) is 4.88. The van der Waals surface area contributed by atoms with Crippen LogP contribution in [-0.2, 0) is 4.74 Å². The zero-order valence-electron chi connectivity index (χ0n) is 11.5. The molecule has 1 aromatic rings. The minimum atomic E-state index is 0.738. The van der Waals surface area contributed by atoms with Crippen LogP contribution in [0.15, 0.2) is 24.3 Å². The van der Waals surface area contributed by atoms with Crippen molar-refractivity contribution in [2.24, 2.45) is 0 Å². The van der Waals surface area contributed by atoms with Gasteiger partial charge in [-0.15, -0.1) is 0 Å². The van der Waals surface area contributed by atoms with Crippen molar-refractivity contribution in [3.63, 3.8) is 0 Å². The Bertz CT molecular complexity index is 384. The summed E-state index contributed by atoms with van der Waals surface area (Å²) in [6.07, 6.45) is 1.99. The molecule has 0 aromatic heterocycles. The van der Waals surface area contributed by atoms with E-state index >= 15 is 0 Å². The van der Waals surface area contributed by atoms with Gasteiger partial charge in [0.2, 0.25) is 0 Å². The minimum Gasteiger partial charge on any atom is -0.385 e. The molecule has 1 aliphatic rings. The van der Waals surface area contributed by atoms with Crippen molar-refractivity contribution in [3.05, 3.63) is 29.8 Å². The van der Waals surface area contributed by atoms with Crippen molar-refractivity contribution in [2.45, 2.75) is 6.42 Å². The fourth-order valence-electron chi connectivity index (χ4n) is 2.43. The maximum absolute atomic E-state index is 10.6. The van der Waals surface area contributed by atoms with Crippen LogP contribution in [0.2, 0.25) is 0 Å². The van der Waals surface area contributed by atoms with Crippen molar-refractivity contribution in [1.29, 1.82) is 0 Å². The normalized spacial score (nSPS) is 16.6. The number of benzene rings is 1. The highest BCUT2D eigenvalue weighted by molar-refractivity contribution is 5.75. The van der Waals surface area contributed by atoms with Gasteiger partial charge in [0.15, 0.2) is 0 Å². The standard InChI is InChI=1S/C15H22N2O2/c1-19-12-2-7-16-8-10-17(11-9-16)15-5-3-14(13-18)4-6-15/h3-6,13H,2,7-12H2,1H3. The minimum absolute atomic E-state index is 0.738. The van der Waals surface area contributed by atoms with Crippen molar-refractivity contribution in [1.82, 2.24) is 4.90 Å². The molecule has 0 radical (unpaired) electrons. The van der Waals surface area contributed by atoms with Crippen molar-refractivity contribution in [3.8, 4) is 0 Å². The number of nitrogens with zero attached hydrogens (tertiary/aromatic N) is 2. The lowest BCUT2D eigenvalue weighted by Crippen LogP contribution is -2.46. The third-order valence-electron chi connectivity index (χ3n) is 3.59. The SMILES string of the molecule is COCCCN1CCN(c2ccc(C=O)cc2)CC1. The van der Waals surface area contributed by atoms with Crippen LogP contribution in [0.5, 0.6) is 0 Å². The molecule has 1 aromatic carbocycles. The third kappa shape index (κ3) is 4.04. The van der Waals surface area contributed by atoms with E-state index in [1.165, 1.54) is 5.69 Å². The lowest BCUT2D eigenvalue weighted by molar-refractivity contribution is 0.112. The summed E-state index contributed by atoms with van der Waals surface area (Å²) in [6, 6.07) is 7.83. The maximum Gasteiger partial charge on any atom is 0.150 e. The number of ether oxygens (including phenoxy) is 1. The molecule has 1 heterocycles. The molecule has 104 valence electrons. The number of methoxy groups -OCH3 is 1. The van der Waals surface area contributed by atoms with Gasteiger partial charge in [-0.25, -0.2) is 0 Å². The summed E-state index contributed by atoms with van der Waals surface area (Å²) in [5.41, 5.74) is 1.95. The van der Waals surface area contributed by atoms with E-state index in [1.54, 1.807) is 7.11 Å². The van der Waals surface area contributed by atoms with E-state index in [9.17, 15) is 4.79 Å². The van der Waals surface area contributed by atoms with Gasteiger partial charge in [-0.3, -0.25) is 9.69 Å². The molecule has 0 aliphatic carbocycles. The second kappa shape index (κ2) is 7.26. The zero-order valence-corrected chi connectivity index (χ0v) is 11.5. The van der Waals surface area contributed by atoms with Crippen molar-refractivity contribution >= 4 is 12.0 Å². The molecule has 1 aliphatic heterocycles. The van der Waals surface area contributed by atoms with Gasteiger partial charge in [0.05, 0.1) is 0 Å². The zero-order chi connectivity index (χ0) is 13.5. The first-order valence-electron chi connectivity index (χ1n) is 6.85. The van der Waals surface area contributed by atoms with Gasteiger partial charge in [-0.05, 0) is 30.7 Å². The van der Waals surface area contributed by atoms with Gasteiger partial charge in [0.1, 0.15) is 6.29 Å². The number of aldehydes is 1. The van der Waals surface area contributed by atoms with Crippen LogP contribution in [0, 0.1) is 0 Å². The molecule has 0 bridgehead atoms. The lowest BCUT2D eigenvalue weighted by atomic mass is 10.2. The van der Waals surface area contributed by atoms with Crippen LogP contribution >= 0.6 is 0 Å². The fraction of sp³-hybridized carbons (Fsp3) is 0.533. The van der Waals surface area contributed by atoms with Gasteiger partial charge >= 0.3 is 0 Å². The van der Waals surface area contributed by atoms with Crippen LogP contribution < -0.4 is 4.90 Å². The van der Waals surface area contributed by atoms with Crippen LogP contribution in [0.1, 0.15) is 16.8 Å². The topological polar surface area (TPSA) is 32.8 Å². The smallest absolute Gasteiger partial charge is 0.150 e. The Morgan fingerprint density at radius 1 is 1.16 bits per heavy atom. The molecule has 0 amide bonds. The molecule has 0 unspecified atom stereocenters. The van der Waals surface area contributed by atoms with Crippen molar-refractivity contribution in [2.75, 3.05) is 51.3 Å².